The van der Waals surface area contributed by atoms with Crippen molar-refractivity contribution >= 4 is 23.1 Å². The van der Waals surface area contributed by atoms with E-state index >= 15 is 0 Å². The molecule has 0 saturated heterocycles. The van der Waals surface area contributed by atoms with Crippen LogP contribution in [0.1, 0.15) is 5.56 Å². The van der Waals surface area contributed by atoms with Crippen molar-refractivity contribution in [2.75, 3.05) is 5.32 Å². The summed E-state index contributed by atoms with van der Waals surface area (Å²) in [6, 6.07) is 10.2. The molecule has 1 aromatic carbocycles. The molecule has 3 rings (SSSR count). The summed E-state index contributed by atoms with van der Waals surface area (Å²) in [5.74, 6) is -1.66. The molecule has 0 aliphatic carbocycles. The quantitative estimate of drug-likeness (QED) is 0.736. The molecule has 0 unspecified atom stereocenters. The highest BCUT2D eigenvalue weighted by Gasteiger charge is 2.13. The van der Waals surface area contributed by atoms with Gasteiger partial charge in [-0.05, 0) is 35.2 Å². The highest BCUT2D eigenvalue weighted by molar-refractivity contribution is 7.13. The lowest BCUT2D eigenvalue weighted by Gasteiger charge is -2.11. The van der Waals surface area contributed by atoms with Gasteiger partial charge in [-0.3, -0.25) is 4.98 Å². The zero-order valence-corrected chi connectivity index (χ0v) is 13.2. The summed E-state index contributed by atoms with van der Waals surface area (Å²) >= 11 is 1.54. The first-order valence-electron chi connectivity index (χ1n) is 7.12. The number of aromatic nitrogens is 1. The number of rotatable bonds is 4. The van der Waals surface area contributed by atoms with E-state index in [0.717, 1.165) is 28.3 Å². The molecule has 0 atom stereocenters. The average Bonchev–Trinajstić information content (AvgIpc) is 3.11. The van der Waals surface area contributed by atoms with Crippen molar-refractivity contribution < 1.29 is 13.6 Å². The van der Waals surface area contributed by atoms with Crippen molar-refractivity contribution in [2.24, 2.45) is 0 Å². The van der Waals surface area contributed by atoms with Crippen LogP contribution >= 0.6 is 11.3 Å². The Kier molecular flexibility index (Phi) is 4.81. The molecule has 24 heavy (non-hydrogen) atoms. The minimum atomic E-state index is -0.828. The van der Waals surface area contributed by atoms with Crippen LogP contribution < -0.4 is 10.6 Å². The number of carbonyl (C=O) groups is 1. The number of thiophene rings is 1. The normalized spacial score (nSPS) is 10.4. The lowest BCUT2D eigenvalue weighted by atomic mass is 10.1. The van der Waals surface area contributed by atoms with Crippen LogP contribution in [0.3, 0.4) is 0 Å². The van der Waals surface area contributed by atoms with Crippen molar-refractivity contribution in [1.29, 1.82) is 0 Å². The molecule has 4 nitrogen and oxygen atoms in total. The smallest absolute Gasteiger partial charge is 0.319 e. The molecule has 0 aliphatic rings. The van der Waals surface area contributed by atoms with E-state index < -0.39 is 23.4 Å². The fourth-order valence-corrected chi connectivity index (χ4v) is 2.92. The Balaban J connectivity index is 1.69. The lowest BCUT2D eigenvalue weighted by Crippen LogP contribution is -2.29. The zero-order valence-electron chi connectivity index (χ0n) is 12.4. The number of benzene rings is 1. The van der Waals surface area contributed by atoms with Crippen LogP contribution in [0.4, 0.5) is 19.3 Å². The van der Waals surface area contributed by atoms with E-state index in [1.165, 1.54) is 6.07 Å². The monoisotopic (exact) mass is 345 g/mol. The number of pyridine rings is 1. The summed E-state index contributed by atoms with van der Waals surface area (Å²) in [5.41, 5.74) is 1.11. The predicted octanol–water partition coefficient (Wildman–Crippen LogP) is 4.41. The predicted molar refractivity (Wildman–Crippen MR) is 89.8 cm³/mol. The molecule has 0 spiro atoms. The Morgan fingerprint density at radius 3 is 2.58 bits per heavy atom. The Labute approximate surface area is 141 Å². The van der Waals surface area contributed by atoms with Gasteiger partial charge < -0.3 is 10.6 Å². The van der Waals surface area contributed by atoms with Crippen molar-refractivity contribution in [3.63, 3.8) is 0 Å². The fourth-order valence-electron chi connectivity index (χ4n) is 2.17. The summed E-state index contributed by atoms with van der Waals surface area (Å²) < 4.78 is 27.1. The van der Waals surface area contributed by atoms with E-state index in [0.29, 0.717) is 0 Å². The molecule has 2 N–H and O–H groups in total. The van der Waals surface area contributed by atoms with Gasteiger partial charge in [0.2, 0.25) is 0 Å². The van der Waals surface area contributed by atoms with Gasteiger partial charge >= 0.3 is 6.03 Å². The third kappa shape index (κ3) is 3.57. The highest BCUT2D eigenvalue weighted by atomic mass is 32.1. The summed E-state index contributed by atoms with van der Waals surface area (Å²) in [4.78, 5) is 17.2. The topological polar surface area (TPSA) is 54.0 Å². The van der Waals surface area contributed by atoms with Crippen molar-refractivity contribution in [3.8, 4) is 10.6 Å². The molecule has 0 aliphatic heterocycles. The van der Waals surface area contributed by atoms with Crippen molar-refractivity contribution in [1.82, 2.24) is 10.3 Å². The third-order valence-electron chi connectivity index (χ3n) is 3.29. The van der Waals surface area contributed by atoms with E-state index in [1.807, 2.05) is 23.6 Å². The first-order valence-corrected chi connectivity index (χ1v) is 8.00. The van der Waals surface area contributed by atoms with Gasteiger partial charge in [0.05, 0.1) is 10.6 Å². The van der Waals surface area contributed by atoms with Gasteiger partial charge in [0.1, 0.15) is 17.3 Å². The van der Waals surface area contributed by atoms with Crippen LogP contribution in [-0.2, 0) is 6.54 Å². The average molecular weight is 345 g/mol. The van der Waals surface area contributed by atoms with Crippen LogP contribution in [-0.4, -0.2) is 11.0 Å². The maximum Gasteiger partial charge on any atom is 0.319 e. The first-order chi connectivity index (χ1) is 11.6. The molecule has 122 valence electrons. The maximum atomic E-state index is 13.5. The van der Waals surface area contributed by atoms with Gasteiger partial charge in [-0.25, -0.2) is 13.6 Å². The number of carbonyl (C=O) groups excluding carboxylic acids is 1. The molecule has 2 aromatic heterocycles. The van der Waals surface area contributed by atoms with Gasteiger partial charge in [0.15, 0.2) is 0 Å². The van der Waals surface area contributed by atoms with Crippen LogP contribution in [0.5, 0.6) is 0 Å². The Bertz CT molecular complexity index is 833. The second-order valence-electron chi connectivity index (χ2n) is 4.89. The van der Waals surface area contributed by atoms with E-state index in [-0.39, 0.29) is 6.54 Å². The SMILES string of the molecule is O=C(NCc1cccnc1-c1cccs1)Nc1c(F)cccc1F. The first kappa shape index (κ1) is 16.1. The van der Waals surface area contributed by atoms with Gasteiger partial charge in [-0.15, -0.1) is 11.3 Å². The maximum absolute atomic E-state index is 13.5. The number of hydrogen-bond acceptors (Lipinski definition) is 3. The van der Waals surface area contributed by atoms with Crippen LogP contribution in [0.25, 0.3) is 10.6 Å². The Morgan fingerprint density at radius 1 is 1.08 bits per heavy atom. The minimum Gasteiger partial charge on any atom is -0.334 e. The summed E-state index contributed by atoms with van der Waals surface area (Å²) in [7, 11) is 0. The van der Waals surface area contributed by atoms with E-state index in [1.54, 1.807) is 23.6 Å². The zero-order chi connectivity index (χ0) is 16.9. The second kappa shape index (κ2) is 7.18. The molecule has 2 heterocycles. The van der Waals surface area contributed by atoms with Gasteiger partial charge in [0, 0.05) is 12.7 Å². The molecule has 0 saturated carbocycles. The second-order valence-corrected chi connectivity index (χ2v) is 5.84. The van der Waals surface area contributed by atoms with Gasteiger partial charge in [-0.2, -0.15) is 0 Å². The number of nitrogens with zero attached hydrogens (tertiary/aromatic N) is 1. The molecule has 2 amide bonds. The van der Waals surface area contributed by atoms with Crippen LogP contribution in [0.2, 0.25) is 0 Å². The minimum absolute atomic E-state index is 0.184. The number of para-hydroxylation sites is 1. The van der Waals surface area contributed by atoms with Gasteiger partial charge in [-0.1, -0.05) is 18.2 Å². The van der Waals surface area contributed by atoms with E-state index in [2.05, 4.69) is 15.6 Å². The molecular formula is C17H13F2N3OS. The molecule has 7 heteroatoms. The number of halogens is 2. The summed E-state index contributed by atoms with van der Waals surface area (Å²) in [6.07, 6.45) is 1.67. The standard InChI is InChI=1S/C17H13F2N3OS/c18-12-5-1-6-13(19)16(12)22-17(23)21-10-11-4-2-8-20-15(11)14-7-3-9-24-14/h1-9H,10H2,(H2,21,22,23). The summed E-state index contributed by atoms with van der Waals surface area (Å²) in [5, 5.41) is 6.71. The lowest BCUT2D eigenvalue weighted by molar-refractivity contribution is 0.251. The van der Waals surface area contributed by atoms with E-state index in [4.69, 9.17) is 0 Å². The van der Waals surface area contributed by atoms with E-state index in [9.17, 15) is 13.6 Å². The van der Waals surface area contributed by atoms with Crippen molar-refractivity contribution in [2.45, 2.75) is 6.54 Å². The largest absolute Gasteiger partial charge is 0.334 e. The third-order valence-corrected chi connectivity index (χ3v) is 4.16. The number of hydrogen-bond donors (Lipinski definition) is 2. The Hall–Kier alpha value is -2.80. The Morgan fingerprint density at radius 2 is 1.88 bits per heavy atom. The fraction of sp³-hybridized carbons (Fsp3) is 0.0588. The number of amides is 2. The number of urea groups is 1. The van der Waals surface area contributed by atoms with Crippen molar-refractivity contribution in [3.05, 3.63) is 71.2 Å². The van der Waals surface area contributed by atoms with Crippen LogP contribution in [0, 0.1) is 11.6 Å². The summed E-state index contributed by atoms with van der Waals surface area (Å²) in [6.45, 7) is 0.184. The molecule has 0 fully saturated rings. The highest BCUT2D eigenvalue weighted by Crippen LogP contribution is 2.25. The number of anilines is 1. The molecular weight excluding hydrogens is 332 g/mol. The molecule has 0 bridgehead atoms. The molecule has 0 radical (unpaired) electrons. The van der Waals surface area contributed by atoms with Crippen LogP contribution in [0.15, 0.2) is 54.0 Å². The number of nitrogens with one attached hydrogen (secondary N) is 2. The molecule has 3 aromatic rings. The van der Waals surface area contributed by atoms with Gasteiger partial charge in [0.25, 0.3) is 0 Å².